The molecule has 3 nitrogen and oxygen atoms in total. The Morgan fingerprint density at radius 3 is 2.59 bits per heavy atom. The largest absolute Gasteiger partial charge is 0.313 e. The summed E-state index contributed by atoms with van der Waals surface area (Å²) in [5, 5.41) is 9.90. The number of halogens is 2. The van der Waals surface area contributed by atoms with Crippen LogP contribution in [-0.4, -0.2) is 13.0 Å². The molecule has 5 heteroatoms. The van der Waals surface area contributed by atoms with Crippen LogP contribution in [0.3, 0.4) is 0 Å². The van der Waals surface area contributed by atoms with Crippen LogP contribution in [0.25, 0.3) is 0 Å². The Morgan fingerprint density at radius 2 is 2.12 bits per heavy atom. The lowest BCUT2D eigenvalue weighted by molar-refractivity contribution is -0.121. The van der Waals surface area contributed by atoms with Gasteiger partial charge in [-0.05, 0) is 31.0 Å². The summed E-state index contributed by atoms with van der Waals surface area (Å²) in [7, 11) is 1.62. The lowest BCUT2D eigenvalue weighted by Crippen LogP contribution is -2.33. The maximum absolute atomic E-state index is 12.1. The second kappa shape index (κ2) is 4.21. The lowest BCUT2D eigenvalue weighted by atomic mass is 10.1. The fourth-order valence-electron chi connectivity index (χ4n) is 1.68. The molecule has 1 aromatic carbocycles. The number of rotatable bonds is 2. The van der Waals surface area contributed by atoms with Gasteiger partial charge in [-0.1, -0.05) is 23.2 Å². The standard InChI is InChI=1S/C12H10Cl2N2O/c1-16(11(17)12(7-15)4-5-12)10-3-2-8(13)6-9(10)14/h2-3,6H,4-5H2,1H3. The van der Waals surface area contributed by atoms with E-state index in [1.165, 1.54) is 4.90 Å². The summed E-state index contributed by atoms with van der Waals surface area (Å²) in [5.41, 5.74) is -0.264. The van der Waals surface area contributed by atoms with Gasteiger partial charge in [-0.3, -0.25) is 4.79 Å². The number of hydrogen-bond acceptors (Lipinski definition) is 2. The zero-order valence-electron chi connectivity index (χ0n) is 9.20. The summed E-state index contributed by atoms with van der Waals surface area (Å²) in [4.78, 5) is 13.5. The Bertz CT molecular complexity index is 518. The highest BCUT2D eigenvalue weighted by molar-refractivity contribution is 6.36. The first kappa shape index (κ1) is 12.2. The van der Waals surface area contributed by atoms with Crippen LogP contribution < -0.4 is 4.90 Å². The maximum atomic E-state index is 12.1. The van der Waals surface area contributed by atoms with Crippen molar-refractivity contribution in [1.29, 1.82) is 5.26 Å². The summed E-state index contributed by atoms with van der Waals surface area (Å²) >= 11 is 11.8. The Morgan fingerprint density at radius 1 is 1.47 bits per heavy atom. The van der Waals surface area contributed by atoms with Crippen molar-refractivity contribution in [1.82, 2.24) is 0 Å². The predicted octanol–water partition coefficient (Wildman–Crippen LogP) is 3.26. The van der Waals surface area contributed by atoms with E-state index in [2.05, 4.69) is 6.07 Å². The van der Waals surface area contributed by atoms with Gasteiger partial charge in [-0.15, -0.1) is 0 Å². The monoisotopic (exact) mass is 268 g/mol. The molecule has 0 radical (unpaired) electrons. The normalized spacial score (nSPS) is 16.1. The Labute approximate surface area is 110 Å². The van der Waals surface area contributed by atoms with Crippen LogP contribution in [0.1, 0.15) is 12.8 Å². The van der Waals surface area contributed by atoms with Crippen molar-refractivity contribution in [3.05, 3.63) is 28.2 Å². The summed E-state index contributed by atoms with van der Waals surface area (Å²) < 4.78 is 0. The van der Waals surface area contributed by atoms with E-state index in [1.54, 1.807) is 25.2 Å². The van der Waals surface area contributed by atoms with E-state index < -0.39 is 5.41 Å². The van der Waals surface area contributed by atoms with Gasteiger partial charge in [0, 0.05) is 12.1 Å². The van der Waals surface area contributed by atoms with Crippen molar-refractivity contribution in [3.8, 4) is 6.07 Å². The van der Waals surface area contributed by atoms with Crippen LogP contribution in [0.15, 0.2) is 18.2 Å². The van der Waals surface area contributed by atoms with Gasteiger partial charge in [0.15, 0.2) is 0 Å². The van der Waals surface area contributed by atoms with Gasteiger partial charge in [0.1, 0.15) is 5.41 Å². The molecule has 0 N–H and O–H groups in total. The minimum absolute atomic E-state index is 0.204. The van der Waals surface area contributed by atoms with E-state index in [0.717, 1.165) is 0 Å². The van der Waals surface area contributed by atoms with E-state index in [9.17, 15) is 4.79 Å². The van der Waals surface area contributed by atoms with Crippen LogP contribution in [0.5, 0.6) is 0 Å². The van der Waals surface area contributed by atoms with E-state index in [0.29, 0.717) is 28.6 Å². The number of benzene rings is 1. The summed E-state index contributed by atoms with van der Waals surface area (Å²) in [6.45, 7) is 0. The Kier molecular flexibility index (Phi) is 3.03. The molecule has 1 saturated carbocycles. The zero-order valence-corrected chi connectivity index (χ0v) is 10.7. The second-order valence-electron chi connectivity index (χ2n) is 4.15. The van der Waals surface area contributed by atoms with Crippen molar-refractivity contribution < 1.29 is 4.79 Å². The number of nitriles is 1. The van der Waals surface area contributed by atoms with Crippen molar-refractivity contribution >= 4 is 34.8 Å². The summed E-state index contributed by atoms with van der Waals surface area (Å²) in [6.07, 6.45) is 1.25. The molecule has 1 amide bonds. The first-order valence-electron chi connectivity index (χ1n) is 5.15. The first-order chi connectivity index (χ1) is 8.00. The van der Waals surface area contributed by atoms with Crippen molar-refractivity contribution in [3.63, 3.8) is 0 Å². The van der Waals surface area contributed by atoms with Crippen molar-refractivity contribution in [2.45, 2.75) is 12.8 Å². The van der Waals surface area contributed by atoms with Crippen LogP contribution in [0.2, 0.25) is 10.0 Å². The Hall–Kier alpha value is -1.24. The maximum Gasteiger partial charge on any atom is 0.247 e. The van der Waals surface area contributed by atoms with E-state index in [1.807, 2.05) is 0 Å². The topological polar surface area (TPSA) is 44.1 Å². The molecule has 0 unspecified atom stereocenters. The zero-order chi connectivity index (χ0) is 12.6. The molecule has 1 aliphatic carbocycles. The van der Waals surface area contributed by atoms with Crippen LogP contribution in [0.4, 0.5) is 5.69 Å². The number of carbonyl (C=O) groups excluding carboxylic acids is 1. The molecule has 0 heterocycles. The Balaban J connectivity index is 2.29. The SMILES string of the molecule is CN(C(=O)C1(C#N)CC1)c1ccc(Cl)cc1Cl. The predicted molar refractivity (Wildman–Crippen MR) is 67.2 cm³/mol. The van der Waals surface area contributed by atoms with Crippen molar-refractivity contribution in [2.75, 3.05) is 11.9 Å². The molecular formula is C12H10Cl2N2O. The van der Waals surface area contributed by atoms with Crippen LogP contribution in [0, 0.1) is 16.7 Å². The van der Waals surface area contributed by atoms with Crippen LogP contribution in [-0.2, 0) is 4.79 Å². The number of hydrogen-bond donors (Lipinski definition) is 0. The average molecular weight is 269 g/mol. The molecule has 0 aromatic heterocycles. The number of nitrogens with zero attached hydrogens (tertiary/aromatic N) is 2. The third kappa shape index (κ3) is 2.11. The third-order valence-corrected chi connectivity index (χ3v) is 3.49. The van der Waals surface area contributed by atoms with Gasteiger partial charge >= 0.3 is 0 Å². The van der Waals surface area contributed by atoms with Gasteiger partial charge in [0.25, 0.3) is 0 Å². The average Bonchev–Trinajstić information content (AvgIpc) is 3.08. The highest BCUT2D eigenvalue weighted by atomic mass is 35.5. The molecule has 2 rings (SSSR count). The molecule has 0 bridgehead atoms. The molecule has 0 spiro atoms. The third-order valence-electron chi connectivity index (χ3n) is 2.95. The van der Waals surface area contributed by atoms with E-state index >= 15 is 0 Å². The van der Waals surface area contributed by atoms with Crippen LogP contribution >= 0.6 is 23.2 Å². The summed E-state index contributed by atoms with van der Waals surface area (Å²) in [5.74, 6) is -0.204. The molecule has 1 aromatic rings. The quantitative estimate of drug-likeness (QED) is 0.827. The highest BCUT2D eigenvalue weighted by Gasteiger charge is 2.52. The van der Waals surface area contributed by atoms with E-state index in [4.69, 9.17) is 28.5 Å². The van der Waals surface area contributed by atoms with Gasteiger partial charge < -0.3 is 4.90 Å². The minimum Gasteiger partial charge on any atom is -0.313 e. The minimum atomic E-state index is -0.836. The molecule has 88 valence electrons. The lowest BCUT2D eigenvalue weighted by Gasteiger charge is -2.21. The number of carbonyl (C=O) groups is 1. The van der Waals surface area contributed by atoms with Gasteiger partial charge in [0.05, 0.1) is 16.8 Å². The molecule has 17 heavy (non-hydrogen) atoms. The van der Waals surface area contributed by atoms with E-state index in [-0.39, 0.29) is 5.91 Å². The second-order valence-corrected chi connectivity index (χ2v) is 5.00. The fourth-order valence-corrected chi connectivity index (χ4v) is 2.22. The van der Waals surface area contributed by atoms with Crippen molar-refractivity contribution in [2.24, 2.45) is 5.41 Å². The molecular weight excluding hydrogens is 259 g/mol. The van der Waals surface area contributed by atoms with Gasteiger partial charge in [0.2, 0.25) is 5.91 Å². The molecule has 0 saturated heterocycles. The molecule has 1 fully saturated rings. The summed E-state index contributed by atoms with van der Waals surface area (Å²) in [6, 6.07) is 6.99. The highest BCUT2D eigenvalue weighted by Crippen LogP contribution is 2.47. The van der Waals surface area contributed by atoms with Gasteiger partial charge in [-0.2, -0.15) is 5.26 Å². The smallest absolute Gasteiger partial charge is 0.247 e. The number of amides is 1. The first-order valence-corrected chi connectivity index (χ1v) is 5.90. The molecule has 0 aliphatic heterocycles. The molecule has 0 atom stereocenters. The number of anilines is 1. The molecule has 1 aliphatic rings. The fraction of sp³-hybridized carbons (Fsp3) is 0.333. The van der Waals surface area contributed by atoms with Gasteiger partial charge in [-0.25, -0.2) is 0 Å².